The van der Waals surface area contributed by atoms with Crippen LogP contribution in [0.4, 0.5) is 0 Å². The van der Waals surface area contributed by atoms with Gasteiger partial charge in [-0.2, -0.15) is 5.10 Å². The van der Waals surface area contributed by atoms with Gasteiger partial charge < -0.3 is 9.64 Å². The van der Waals surface area contributed by atoms with E-state index in [2.05, 4.69) is 10.2 Å². The van der Waals surface area contributed by atoms with Crippen molar-refractivity contribution in [3.63, 3.8) is 0 Å². The van der Waals surface area contributed by atoms with Gasteiger partial charge in [-0.15, -0.1) is 0 Å². The summed E-state index contributed by atoms with van der Waals surface area (Å²) in [5.41, 5.74) is 1.45. The number of aromatic amines is 1. The molecule has 0 radical (unpaired) electrons. The molecule has 0 bridgehead atoms. The SMILES string of the molecule is Cc1ccc2c(c1)C(=O)CC1(CCN(C(=O)Cc3n[nH]c(=O)c4ccccc34)CC1)O2. The molecule has 158 valence electrons. The number of carbonyl (C=O) groups excluding carboxylic acids is 2. The molecule has 7 nitrogen and oxygen atoms in total. The number of H-pyrrole nitrogens is 1. The summed E-state index contributed by atoms with van der Waals surface area (Å²) in [5.74, 6) is 0.705. The van der Waals surface area contributed by atoms with E-state index in [0.717, 1.165) is 5.56 Å². The quantitative estimate of drug-likeness (QED) is 0.692. The van der Waals surface area contributed by atoms with Gasteiger partial charge in [-0.3, -0.25) is 14.4 Å². The number of benzene rings is 2. The van der Waals surface area contributed by atoms with E-state index in [0.29, 0.717) is 60.1 Å². The Bertz CT molecular complexity index is 1260. The Morgan fingerprint density at radius 1 is 1.13 bits per heavy atom. The van der Waals surface area contributed by atoms with Crippen molar-refractivity contribution in [2.75, 3.05) is 13.1 Å². The third-order valence-corrected chi connectivity index (χ3v) is 6.37. The fourth-order valence-corrected chi connectivity index (χ4v) is 4.61. The summed E-state index contributed by atoms with van der Waals surface area (Å²) >= 11 is 0. The van der Waals surface area contributed by atoms with E-state index in [4.69, 9.17) is 4.74 Å². The number of ether oxygens (including phenoxy) is 1. The Hall–Kier alpha value is -3.48. The van der Waals surface area contributed by atoms with Gasteiger partial charge >= 0.3 is 0 Å². The van der Waals surface area contributed by atoms with E-state index in [1.807, 2.05) is 37.3 Å². The summed E-state index contributed by atoms with van der Waals surface area (Å²) in [6.45, 7) is 3.01. The third kappa shape index (κ3) is 3.50. The van der Waals surface area contributed by atoms with Crippen molar-refractivity contribution in [3.8, 4) is 5.75 Å². The number of amides is 1. The Balaban J connectivity index is 1.30. The molecule has 1 saturated heterocycles. The molecule has 3 aromatic rings. The molecule has 1 spiro atoms. The lowest BCUT2D eigenvalue weighted by molar-refractivity contribution is -0.134. The number of piperidine rings is 1. The Kier molecular flexibility index (Phi) is 4.61. The summed E-state index contributed by atoms with van der Waals surface area (Å²) in [7, 11) is 0. The number of nitrogens with zero attached hydrogens (tertiary/aromatic N) is 2. The number of nitrogens with one attached hydrogen (secondary N) is 1. The van der Waals surface area contributed by atoms with Crippen LogP contribution in [0, 0.1) is 6.92 Å². The fourth-order valence-electron chi connectivity index (χ4n) is 4.61. The van der Waals surface area contributed by atoms with Gasteiger partial charge in [0, 0.05) is 31.3 Å². The second kappa shape index (κ2) is 7.34. The van der Waals surface area contributed by atoms with Crippen LogP contribution in [0.15, 0.2) is 47.3 Å². The number of aromatic nitrogens is 2. The van der Waals surface area contributed by atoms with E-state index in [1.54, 1.807) is 17.0 Å². The molecule has 1 amide bonds. The molecule has 7 heteroatoms. The summed E-state index contributed by atoms with van der Waals surface area (Å²) in [4.78, 5) is 39.4. The van der Waals surface area contributed by atoms with Crippen LogP contribution >= 0.6 is 0 Å². The standard InChI is InChI=1S/C24H23N3O4/c1-15-6-7-21-18(12-15)20(28)14-24(31-21)8-10-27(11-9-24)22(29)13-19-16-4-2-3-5-17(16)23(30)26-25-19/h2-7,12H,8-11,13-14H2,1H3,(H,26,30). The average molecular weight is 417 g/mol. The normalized spacial score (nSPS) is 17.5. The van der Waals surface area contributed by atoms with Gasteiger partial charge in [-0.1, -0.05) is 29.8 Å². The molecule has 2 aliphatic rings. The first kappa shape index (κ1) is 19.5. The van der Waals surface area contributed by atoms with Crippen molar-refractivity contribution in [1.29, 1.82) is 0 Å². The van der Waals surface area contributed by atoms with E-state index in [1.165, 1.54) is 0 Å². The van der Waals surface area contributed by atoms with Gasteiger partial charge in [0.15, 0.2) is 5.78 Å². The predicted molar refractivity (Wildman–Crippen MR) is 115 cm³/mol. The van der Waals surface area contributed by atoms with Gasteiger partial charge in [-0.25, -0.2) is 5.10 Å². The minimum absolute atomic E-state index is 0.0438. The highest BCUT2D eigenvalue weighted by Crippen LogP contribution is 2.39. The molecule has 2 aliphatic heterocycles. The average Bonchev–Trinajstić information content (AvgIpc) is 2.77. The molecule has 0 atom stereocenters. The highest BCUT2D eigenvalue weighted by atomic mass is 16.5. The molecule has 5 rings (SSSR count). The zero-order valence-electron chi connectivity index (χ0n) is 17.3. The number of aryl methyl sites for hydroxylation is 1. The lowest BCUT2D eigenvalue weighted by Crippen LogP contribution is -2.52. The van der Waals surface area contributed by atoms with Crippen LogP contribution in [-0.4, -0.2) is 45.5 Å². The lowest BCUT2D eigenvalue weighted by Gasteiger charge is -2.44. The maximum Gasteiger partial charge on any atom is 0.272 e. The van der Waals surface area contributed by atoms with Gasteiger partial charge in [0.25, 0.3) is 5.56 Å². The summed E-state index contributed by atoms with van der Waals surface area (Å²) in [6, 6.07) is 12.9. The molecule has 0 saturated carbocycles. The molecular weight excluding hydrogens is 394 g/mol. The minimum atomic E-state index is -0.543. The Morgan fingerprint density at radius 2 is 1.87 bits per heavy atom. The van der Waals surface area contributed by atoms with Crippen molar-refractivity contribution < 1.29 is 14.3 Å². The number of fused-ring (bicyclic) bond motifs is 2. The smallest absolute Gasteiger partial charge is 0.272 e. The summed E-state index contributed by atoms with van der Waals surface area (Å²) in [5, 5.41) is 7.82. The van der Waals surface area contributed by atoms with Gasteiger partial charge in [-0.05, 0) is 25.1 Å². The highest BCUT2D eigenvalue weighted by molar-refractivity contribution is 6.00. The van der Waals surface area contributed by atoms with Crippen molar-refractivity contribution in [2.24, 2.45) is 0 Å². The number of likely N-dealkylation sites (tertiary alicyclic amines) is 1. The predicted octanol–water partition coefficient (Wildman–Crippen LogP) is 2.80. The van der Waals surface area contributed by atoms with Gasteiger partial charge in [0.2, 0.25) is 5.91 Å². The molecule has 0 aliphatic carbocycles. The second-order valence-corrected chi connectivity index (χ2v) is 8.49. The van der Waals surface area contributed by atoms with Gasteiger partial charge in [0.05, 0.1) is 29.5 Å². The van der Waals surface area contributed by atoms with Gasteiger partial charge in [0.1, 0.15) is 11.4 Å². The largest absolute Gasteiger partial charge is 0.486 e. The van der Waals surface area contributed by atoms with E-state index < -0.39 is 5.60 Å². The van der Waals surface area contributed by atoms with Crippen molar-refractivity contribution in [1.82, 2.24) is 15.1 Å². The number of rotatable bonds is 2. The topological polar surface area (TPSA) is 92.4 Å². The van der Waals surface area contributed by atoms with Crippen LogP contribution in [0.1, 0.15) is 40.9 Å². The van der Waals surface area contributed by atoms with Crippen molar-refractivity contribution in [3.05, 3.63) is 69.6 Å². The lowest BCUT2D eigenvalue weighted by atomic mass is 9.82. The first-order valence-electron chi connectivity index (χ1n) is 10.5. The molecule has 1 fully saturated rings. The van der Waals surface area contributed by atoms with Crippen molar-refractivity contribution in [2.45, 2.75) is 38.2 Å². The number of hydrogen-bond donors (Lipinski definition) is 1. The maximum absolute atomic E-state index is 13.0. The fraction of sp³-hybridized carbons (Fsp3) is 0.333. The second-order valence-electron chi connectivity index (χ2n) is 8.49. The number of ketones is 1. The van der Waals surface area contributed by atoms with E-state index >= 15 is 0 Å². The van der Waals surface area contributed by atoms with Crippen LogP contribution in [0.2, 0.25) is 0 Å². The van der Waals surface area contributed by atoms with Crippen LogP contribution in [-0.2, 0) is 11.2 Å². The summed E-state index contributed by atoms with van der Waals surface area (Å²) < 4.78 is 6.29. The zero-order valence-corrected chi connectivity index (χ0v) is 17.3. The first-order valence-corrected chi connectivity index (χ1v) is 10.5. The molecule has 1 aromatic heterocycles. The third-order valence-electron chi connectivity index (χ3n) is 6.37. The van der Waals surface area contributed by atoms with E-state index in [-0.39, 0.29) is 23.7 Å². The number of carbonyl (C=O) groups is 2. The molecule has 2 aromatic carbocycles. The maximum atomic E-state index is 13.0. The Morgan fingerprint density at radius 3 is 2.65 bits per heavy atom. The first-order chi connectivity index (χ1) is 14.9. The molecular formula is C24H23N3O4. The monoisotopic (exact) mass is 417 g/mol. The summed E-state index contributed by atoms with van der Waals surface area (Å²) in [6.07, 6.45) is 1.68. The number of hydrogen-bond acceptors (Lipinski definition) is 5. The molecule has 0 unspecified atom stereocenters. The molecule has 3 heterocycles. The van der Waals surface area contributed by atoms with Crippen LogP contribution < -0.4 is 10.3 Å². The molecule has 1 N–H and O–H groups in total. The van der Waals surface area contributed by atoms with Crippen LogP contribution in [0.3, 0.4) is 0 Å². The number of Topliss-reactive ketones (excluding diaryl/α,β-unsaturated/α-hetero) is 1. The molecule has 31 heavy (non-hydrogen) atoms. The van der Waals surface area contributed by atoms with Crippen LogP contribution in [0.5, 0.6) is 5.75 Å². The minimum Gasteiger partial charge on any atom is -0.486 e. The van der Waals surface area contributed by atoms with Crippen LogP contribution in [0.25, 0.3) is 10.8 Å². The van der Waals surface area contributed by atoms with E-state index in [9.17, 15) is 14.4 Å². The zero-order chi connectivity index (χ0) is 21.6. The Labute approximate surface area is 179 Å². The van der Waals surface area contributed by atoms with Crippen molar-refractivity contribution >= 4 is 22.5 Å². The highest BCUT2D eigenvalue weighted by Gasteiger charge is 2.43.